The van der Waals surface area contributed by atoms with Crippen LogP contribution >= 0.6 is 15.8 Å². The van der Waals surface area contributed by atoms with E-state index in [-0.39, 0.29) is 44.9 Å². The van der Waals surface area contributed by atoms with E-state index in [1.165, 1.54) is 27.1 Å². The smallest absolute Gasteiger partial charge is 0.00405 e. The maximum atomic E-state index is 7.50. The molecule has 4 aromatic rings. The second-order valence-corrected chi connectivity index (χ2v) is 33.8. The minimum atomic E-state index is -1.58. The van der Waals surface area contributed by atoms with E-state index in [4.69, 9.17) is 26.3 Å². The molecule has 0 bridgehead atoms. The Morgan fingerprint density at radius 3 is 0.769 bits per heavy atom. The van der Waals surface area contributed by atoms with Gasteiger partial charge in [0.05, 0.1) is 0 Å². The minimum absolute atomic E-state index is 0. The van der Waals surface area contributed by atoms with Crippen LogP contribution < -0.4 is 21.2 Å². The summed E-state index contributed by atoms with van der Waals surface area (Å²) in [7, 11) is -7.09. The van der Waals surface area contributed by atoms with E-state index in [9.17, 15) is 0 Å². The predicted octanol–water partition coefficient (Wildman–Crippen LogP) is 9.07. The molecule has 0 aliphatic rings. The Kier molecular flexibility index (Phi) is 34.5. The molecule has 285 valence electrons. The zero-order valence-corrected chi connectivity index (χ0v) is 40.2. The Morgan fingerprint density at radius 2 is 0.615 bits per heavy atom. The molecule has 4 aromatic carbocycles. The third kappa shape index (κ3) is 25.8. The maximum Gasteiger partial charge on any atom is 0.00405 e. The van der Waals surface area contributed by atoms with Crippen molar-refractivity contribution in [3.8, 4) is 0 Å². The first-order valence-corrected chi connectivity index (χ1v) is 30.0. The van der Waals surface area contributed by atoms with Crippen LogP contribution in [-0.2, 0) is 63.8 Å². The van der Waals surface area contributed by atoms with Gasteiger partial charge < -0.3 is 19.8 Å². The number of hydrogen-bond acceptors (Lipinski definition) is 3. The van der Waals surface area contributed by atoms with Gasteiger partial charge in [0, 0.05) is 43.4 Å². The van der Waals surface area contributed by atoms with Crippen molar-refractivity contribution in [1.82, 2.24) is 0 Å². The van der Waals surface area contributed by atoms with Crippen molar-refractivity contribution in [3.05, 3.63) is 149 Å². The zero-order chi connectivity index (χ0) is 37.5. The second-order valence-electron chi connectivity index (χ2n) is 13.2. The molecule has 0 N–H and O–H groups in total. The first-order chi connectivity index (χ1) is 23.2. The number of hydrogen-bond donors (Lipinski definition) is 0. The topological polar surface area (TPSA) is 87.4 Å². The standard InChI is InChI=1S/C25H22P2.C9H27O3Si4.3CO.CH3.Fe.Pd/c1-5-13-22(14-6-1)26(23-15-7-2-8-16-23)21-27(24-17-9-3-10-18-24)25-19-11-4-12-20-25;1-14(2,3)10-13(11-15(4,5)6)12-16(7,8)9;3*1-2;;;/h1-20H,21H2;1-9H3;;;;1H3;;/q;;;;;-1;;. The van der Waals surface area contributed by atoms with E-state index in [0.29, 0.717) is 0 Å². The van der Waals surface area contributed by atoms with Gasteiger partial charge in [0.25, 0.3) is 0 Å². The van der Waals surface area contributed by atoms with Crippen molar-refractivity contribution in [3.63, 3.8) is 0 Å². The molecule has 52 heavy (non-hydrogen) atoms. The van der Waals surface area contributed by atoms with Crippen LogP contribution in [0, 0.1) is 27.4 Å². The first-order valence-electron chi connectivity index (χ1n) is 15.5. The summed E-state index contributed by atoms with van der Waals surface area (Å²) in [6.45, 7) is 33.1. The minimum Gasteiger partial charge on any atom is -0.358 e. The molecule has 0 unspecified atom stereocenters. The van der Waals surface area contributed by atoms with Crippen molar-refractivity contribution >= 4 is 71.5 Å². The molecular weight excluding hydrogens is 889 g/mol. The van der Waals surface area contributed by atoms with Gasteiger partial charge in [0.15, 0.2) is 25.0 Å². The summed E-state index contributed by atoms with van der Waals surface area (Å²) in [5, 5.41) is 5.83. The van der Waals surface area contributed by atoms with Crippen molar-refractivity contribution in [2.24, 2.45) is 0 Å². The fourth-order valence-corrected chi connectivity index (χ4v) is 18.1. The molecule has 6 nitrogen and oxygen atoms in total. The van der Waals surface area contributed by atoms with E-state index in [2.05, 4.69) is 200 Å². The van der Waals surface area contributed by atoms with Gasteiger partial charge in [0.1, 0.15) is 0 Å². The van der Waals surface area contributed by atoms with Gasteiger partial charge in [0.2, 0.25) is 0 Å². The SMILES string of the molecule is C[Si](C)(C)O[Si](O[Si](C)(C)C)O[Si](C)(C)C.[C-]#[O+].[C-]#[O+].[C-]#[O+].[CH3-].[Fe].[Pd].c1ccc(P(CP(c2ccccc2)c2ccccc2)c2ccccc2)cc1. The van der Waals surface area contributed by atoms with Crippen molar-refractivity contribution < 1.29 is 63.8 Å². The van der Waals surface area contributed by atoms with E-state index in [0.717, 1.165) is 0 Å². The van der Waals surface area contributed by atoms with Crippen LogP contribution in [0.1, 0.15) is 0 Å². The fraction of sp³-hybridized carbons (Fsp3) is 0.263. The summed E-state index contributed by atoms with van der Waals surface area (Å²) < 4.78 is 40.7. The Morgan fingerprint density at radius 1 is 0.442 bits per heavy atom. The van der Waals surface area contributed by atoms with Crippen LogP contribution in [0.2, 0.25) is 58.9 Å². The van der Waals surface area contributed by atoms with Gasteiger partial charge in [-0.1, -0.05) is 121 Å². The van der Waals surface area contributed by atoms with Crippen LogP contribution in [0.15, 0.2) is 121 Å². The molecule has 0 aliphatic carbocycles. The Labute approximate surface area is 346 Å². The summed E-state index contributed by atoms with van der Waals surface area (Å²) in [4.78, 5) is 0. The average Bonchev–Trinajstić information content (AvgIpc) is 3.07. The Hall–Kier alpha value is -1.11. The summed E-state index contributed by atoms with van der Waals surface area (Å²) in [5.41, 5.74) is 0. The third-order valence-electron chi connectivity index (χ3n) is 5.72. The van der Waals surface area contributed by atoms with Gasteiger partial charge >= 0.3 is 43.4 Å². The summed E-state index contributed by atoms with van der Waals surface area (Å²) >= 11 is 0. The molecule has 0 saturated carbocycles. The molecule has 0 amide bonds. The summed E-state index contributed by atoms with van der Waals surface area (Å²) in [6.07, 6.45) is 0. The van der Waals surface area contributed by atoms with Crippen LogP contribution in [0.25, 0.3) is 0 Å². The Balaban J connectivity index is -0.000000402. The van der Waals surface area contributed by atoms with Crippen molar-refractivity contribution in [2.75, 3.05) is 5.90 Å². The molecular formula is C38H52FeO6P2PdSi4-. The largest absolute Gasteiger partial charge is 0.358 e. The number of benzene rings is 4. The molecule has 0 fully saturated rings. The summed E-state index contributed by atoms with van der Waals surface area (Å²) in [5.74, 6) is 1.17. The molecule has 0 spiro atoms. The van der Waals surface area contributed by atoms with Gasteiger partial charge in [-0.2, -0.15) is 0 Å². The third-order valence-corrected chi connectivity index (χ3v) is 21.0. The molecule has 14 heteroatoms. The molecule has 0 heterocycles. The Bertz CT molecular complexity index is 1280. The van der Waals surface area contributed by atoms with E-state index in [1.807, 2.05) is 0 Å². The van der Waals surface area contributed by atoms with E-state index >= 15 is 0 Å². The monoisotopic (exact) mass is 940 g/mol. The first kappa shape index (κ1) is 57.6. The molecule has 4 rings (SSSR count). The van der Waals surface area contributed by atoms with Gasteiger partial charge in [-0.05, 0) is 96.0 Å². The van der Waals surface area contributed by atoms with Gasteiger partial charge in [-0.25, -0.2) is 0 Å². The second kappa shape index (κ2) is 31.1. The maximum absolute atomic E-state index is 7.50. The normalized spacial score (nSPS) is 10.3. The van der Waals surface area contributed by atoms with Gasteiger partial charge in [-0.15, -0.1) is 0 Å². The van der Waals surface area contributed by atoms with E-state index < -0.39 is 50.3 Å². The van der Waals surface area contributed by atoms with Crippen LogP contribution in [0.4, 0.5) is 0 Å². The fourth-order valence-electron chi connectivity index (χ4n) is 4.01. The zero-order valence-electron chi connectivity index (χ0n) is 31.8. The van der Waals surface area contributed by atoms with Gasteiger partial charge in [-0.3, -0.25) is 0 Å². The number of rotatable bonds is 12. The molecule has 0 saturated heterocycles. The van der Waals surface area contributed by atoms with Crippen LogP contribution in [-0.4, -0.2) is 40.4 Å². The molecule has 0 aliphatic heterocycles. The molecule has 1 radical (unpaired) electrons. The summed E-state index contributed by atoms with van der Waals surface area (Å²) in [6, 6.07) is 44.1. The van der Waals surface area contributed by atoms with Crippen LogP contribution in [0.3, 0.4) is 0 Å². The quantitative estimate of drug-likeness (QED) is 0.0615. The predicted molar refractivity (Wildman–Crippen MR) is 220 cm³/mol. The van der Waals surface area contributed by atoms with Crippen molar-refractivity contribution in [1.29, 1.82) is 0 Å². The van der Waals surface area contributed by atoms with E-state index in [1.54, 1.807) is 0 Å². The van der Waals surface area contributed by atoms with Crippen LogP contribution in [0.5, 0.6) is 0 Å². The molecule has 0 aromatic heterocycles. The molecule has 0 atom stereocenters. The van der Waals surface area contributed by atoms with Crippen molar-refractivity contribution in [2.45, 2.75) is 58.9 Å². The average molecular weight is 941 g/mol.